The monoisotopic (exact) mass is 237 g/mol. The molecule has 0 aliphatic carbocycles. The smallest absolute Gasteiger partial charge is 0.264 e. The van der Waals surface area contributed by atoms with Gasteiger partial charge in [0.05, 0.1) is 0 Å². The summed E-state index contributed by atoms with van der Waals surface area (Å²) in [5, 5.41) is 0. The molecule has 86 valence electrons. The molecule has 0 spiro atoms. The first-order valence-electron chi connectivity index (χ1n) is 5.15. The summed E-state index contributed by atoms with van der Waals surface area (Å²) in [5.74, 6) is 0.0561. The molecule has 1 aromatic rings. The zero-order chi connectivity index (χ0) is 11.7. The van der Waals surface area contributed by atoms with Crippen molar-refractivity contribution in [3.63, 3.8) is 0 Å². The maximum absolute atomic E-state index is 11.7. The van der Waals surface area contributed by atoms with Crippen molar-refractivity contribution in [2.24, 2.45) is 0 Å². The molecule has 2 atom stereocenters. The maximum Gasteiger partial charge on any atom is 0.264 e. The van der Waals surface area contributed by atoms with E-state index in [0.29, 0.717) is 0 Å². The van der Waals surface area contributed by atoms with Gasteiger partial charge >= 0.3 is 0 Å². The van der Waals surface area contributed by atoms with E-state index in [-0.39, 0.29) is 18.1 Å². The third-order valence-corrected chi connectivity index (χ3v) is 3.67. The van der Waals surface area contributed by atoms with Gasteiger partial charge in [-0.2, -0.15) is 0 Å². The van der Waals surface area contributed by atoms with Crippen LogP contribution in [0.5, 0.6) is 0 Å². The van der Waals surface area contributed by atoms with Gasteiger partial charge < -0.3 is 4.74 Å². The van der Waals surface area contributed by atoms with Gasteiger partial charge in [0.15, 0.2) is 6.10 Å². The van der Waals surface area contributed by atoms with Crippen LogP contribution in [0.15, 0.2) is 24.3 Å². The van der Waals surface area contributed by atoms with Gasteiger partial charge in [-0.05, 0) is 12.5 Å². The fraction of sp³-hybridized carbons (Fsp3) is 0.417. The summed E-state index contributed by atoms with van der Waals surface area (Å²) < 4.78 is 6.99. The van der Waals surface area contributed by atoms with Gasteiger partial charge in [0.1, 0.15) is 6.04 Å². The van der Waals surface area contributed by atoms with E-state index in [1.54, 1.807) is 11.4 Å². The van der Waals surface area contributed by atoms with Crippen LogP contribution in [0.2, 0.25) is 0 Å². The maximum atomic E-state index is 11.7. The van der Waals surface area contributed by atoms with Crippen LogP contribution in [0.25, 0.3) is 0 Å². The largest absolute Gasteiger partial charge is 0.369 e. The van der Waals surface area contributed by atoms with E-state index < -0.39 is 0 Å². The Balaban J connectivity index is 2.25. The van der Waals surface area contributed by atoms with Crippen molar-refractivity contribution in [3.8, 4) is 0 Å². The number of ether oxygens (including phenoxy) is 1. The molecule has 0 aromatic heterocycles. The second-order valence-electron chi connectivity index (χ2n) is 3.86. The second-order valence-corrected chi connectivity index (χ2v) is 4.62. The molecule has 1 amide bonds. The fourth-order valence-electron chi connectivity index (χ4n) is 1.95. The van der Waals surface area contributed by atoms with E-state index in [1.165, 1.54) is 17.5 Å². The summed E-state index contributed by atoms with van der Waals surface area (Å²) in [7, 11) is 1.58. The van der Waals surface area contributed by atoms with Crippen molar-refractivity contribution in [2.45, 2.75) is 19.1 Å². The summed E-state index contributed by atoms with van der Waals surface area (Å²) in [6.45, 7) is 2.05. The molecule has 1 aliphatic heterocycles. The van der Waals surface area contributed by atoms with Crippen molar-refractivity contribution in [3.05, 3.63) is 35.4 Å². The molecule has 16 heavy (non-hydrogen) atoms. The summed E-state index contributed by atoms with van der Waals surface area (Å²) >= 11 is 1.45. The average Bonchev–Trinajstić information content (AvgIpc) is 2.28. The van der Waals surface area contributed by atoms with Crippen molar-refractivity contribution < 1.29 is 9.53 Å². The molecule has 2 rings (SSSR count). The number of β-lactam (4-membered cyclic amide) rings is 1. The number of hydrogen-bond donors (Lipinski definition) is 0. The number of aryl methyl sites for hydroxylation is 1. The molecule has 1 aliphatic rings. The number of rotatable bonds is 3. The lowest BCUT2D eigenvalue weighted by Gasteiger charge is -2.44. The molecule has 0 radical (unpaired) electrons. The molecule has 2 unspecified atom stereocenters. The Morgan fingerprint density at radius 3 is 2.44 bits per heavy atom. The number of carbonyl (C=O) groups excluding carboxylic acids is 1. The van der Waals surface area contributed by atoms with Gasteiger partial charge in [0, 0.05) is 13.4 Å². The van der Waals surface area contributed by atoms with Crippen LogP contribution in [0.4, 0.5) is 0 Å². The third kappa shape index (κ3) is 1.72. The zero-order valence-electron chi connectivity index (χ0n) is 9.64. The highest BCUT2D eigenvalue weighted by molar-refractivity contribution is 7.96. The van der Waals surface area contributed by atoms with E-state index in [2.05, 4.69) is 31.2 Å². The standard InChI is InChI=1S/C12H15NO2S/c1-8-4-6-9(7-5-8)10-11(15-2)12(14)13(10)16-3/h4-7,10-11H,1-3H3. The first-order valence-corrected chi connectivity index (χ1v) is 6.33. The number of benzene rings is 1. The van der Waals surface area contributed by atoms with Gasteiger partial charge in [0.2, 0.25) is 0 Å². The first-order chi connectivity index (χ1) is 7.69. The molecule has 1 saturated heterocycles. The van der Waals surface area contributed by atoms with Crippen LogP contribution >= 0.6 is 11.9 Å². The van der Waals surface area contributed by atoms with Crippen molar-refractivity contribution in [1.82, 2.24) is 4.31 Å². The Labute approximate surface area is 99.9 Å². The number of nitrogens with zero attached hydrogens (tertiary/aromatic N) is 1. The zero-order valence-corrected chi connectivity index (χ0v) is 10.5. The van der Waals surface area contributed by atoms with E-state index in [4.69, 9.17) is 4.74 Å². The van der Waals surface area contributed by atoms with Crippen molar-refractivity contribution in [1.29, 1.82) is 0 Å². The molecular formula is C12H15NO2S. The van der Waals surface area contributed by atoms with Crippen LogP contribution in [0.3, 0.4) is 0 Å². The van der Waals surface area contributed by atoms with Crippen LogP contribution in [-0.2, 0) is 9.53 Å². The minimum atomic E-state index is -0.324. The normalized spacial score (nSPS) is 24.4. The number of methoxy groups -OCH3 is 1. The highest BCUT2D eigenvalue weighted by atomic mass is 32.2. The molecule has 1 aromatic carbocycles. The van der Waals surface area contributed by atoms with Crippen LogP contribution in [0.1, 0.15) is 17.2 Å². The Morgan fingerprint density at radius 1 is 1.31 bits per heavy atom. The molecule has 4 heteroatoms. The van der Waals surface area contributed by atoms with Crippen molar-refractivity contribution in [2.75, 3.05) is 13.4 Å². The summed E-state index contributed by atoms with van der Waals surface area (Å²) in [6.07, 6.45) is 1.58. The molecule has 1 fully saturated rings. The summed E-state index contributed by atoms with van der Waals surface area (Å²) in [4.78, 5) is 11.7. The number of carbonyl (C=O) groups is 1. The van der Waals surface area contributed by atoms with E-state index >= 15 is 0 Å². The Kier molecular flexibility index (Phi) is 3.21. The number of hydrogen-bond acceptors (Lipinski definition) is 3. The Bertz CT molecular complexity index is 377. The fourth-order valence-corrected chi connectivity index (χ4v) is 2.69. The lowest BCUT2D eigenvalue weighted by molar-refractivity contribution is -0.158. The minimum Gasteiger partial charge on any atom is -0.369 e. The van der Waals surface area contributed by atoms with Gasteiger partial charge in [-0.15, -0.1) is 0 Å². The van der Waals surface area contributed by atoms with Crippen LogP contribution < -0.4 is 0 Å². The predicted octanol–water partition coefficient (Wildman–Crippen LogP) is 2.17. The molecular weight excluding hydrogens is 222 g/mol. The summed E-state index contributed by atoms with van der Waals surface area (Å²) in [6, 6.07) is 8.28. The lowest BCUT2D eigenvalue weighted by atomic mass is 9.93. The molecule has 0 saturated carbocycles. The predicted molar refractivity (Wildman–Crippen MR) is 65.1 cm³/mol. The Morgan fingerprint density at radius 2 is 1.94 bits per heavy atom. The molecule has 3 nitrogen and oxygen atoms in total. The van der Waals surface area contributed by atoms with Gasteiger partial charge in [-0.25, -0.2) is 0 Å². The minimum absolute atomic E-state index is 0.0492. The highest BCUT2D eigenvalue weighted by Gasteiger charge is 2.48. The Hall–Kier alpha value is -1.00. The lowest BCUT2D eigenvalue weighted by Crippen LogP contribution is -2.55. The van der Waals surface area contributed by atoms with Crippen LogP contribution in [0, 0.1) is 6.92 Å². The topological polar surface area (TPSA) is 29.5 Å². The quantitative estimate of drug-likeness (QED) is 0.596. The van der Waals surface area contributed by atoms with E-state index in [1.807, 2.05) is 6.26 Å². The first kappa shape index (κ1) is 11.5. The van der Waals surface area contributed by atoms with E-state index in [0.717, 1.165) is 5.56 Å². The summed E-state index contributed by atoms with van der Waals surface area (Å²) in [5.41, 5.74) is 2.35. The highest BCUT2D eigenvalue weighted by Crippen LogP contribution is 2.40. The van der Waals surface area contributed by atoms with E-state index in [9.17, 15) is 4.79 Å². The van der Waals surface area contributed by atoms with Crippen LogP contribution in [-0.4, -0.2) is 29.7 Å². The number of amides is 1. The SMILES string of the molecule is COC1C(=O)N(SC)C1c1ccc(C)cc1. The van der Waals surface area contributed by atoms with Gasteiger partial charge in [-0.3, -0.25) is 9.10 Å². The molecule has 0 N–H and O–H groups in total. The van der Waals surface area contributed by atoms with Crippen molar-refractivity contribution >= 4 is 17.9 Å². The van der Waals surface area contributed by atoms with Gasteiger partial charge in [-0.1, -0.05) is 41.8 Å². The second kappa shape index (κ2) is 4.47. The molecule has 1 heterocycles. The third-order valence-electron chi connectivity index (χ3n) is 2.87. The average molecular weight is 237 g/mol. The van der Waals surface area contributed by atoms with Gasteiger partial charge in [0.25, 0.3) is 5.91 Å². The molecule has 0 bridgehead atoms.